The third-order valence-electron chi connectivity index (χ3n) is 6.63. The third kappa shape index (κ3) is 6.23. The highest BCUT2D eigenvalue weighted by molar-refractivity contribution is 6.11. The van der Waals surface area contributed by atoms with Crippen LogP contribution >= 0.6 is 0 Å². The number of carbonyl (C=O) groups is 3. The van der Waals surface area contributed by atoms with Gasteiger partial charge in [0.05, 0.1) is 11.6 Å². The zero-order chi connectivity index (χ0) is 28.3. The van der Waals surface area contributed by atoms with Crippen LogP contribution in [0.15, 0.2) is 48.5 Å². The van der Waals surface area contributed by atoms with Crippen molar-refractivity contribution in [2.45, 2.75) is 38.8 Å². The van der Waals surface area contributed by atoms with E-state index >= 15 is 0 Å². The first-order valence-electron chi connectivity index (χ1n) is 12.4. The molecule has 0 bridgehead atoms. The normalized spacial score (nSPS) is 17.2. The lowest BCUT2D eigenvalue weighted by Crippen LogP contribution is -2.49. The van der Waals surface area contributed by atoms with Crippen molar-refractivity contribution < 1.29 is 38.1 Å². The van der Waals surface area contributed by atoms with Crippen molar-refractivity contribution >= 4 is 17.7 Å². The van der Waals surface area contributed by atoms with Crippen molar-refractivity contribution in [2.24, 2.45) is 0 Å². The maximum atomic E-state index is 14.1. The molecule has 1 fully saturated rings. The van der Waals surface area contributed by atoms with Gasteiger partial charge in [-0.15, -0.1) is 0 Å². The van der Waals surface area contributed by atoms with E-state index in [2.05, 4.69) is 10.6 Å². The average Bonchev–Trinajstić information content (AvgIpc) is 3.11. The van der Waals surface area contributed by atoms with Crippen LogP contribution in [0.4, 0.5) is 8.78 Å². The molecule has 0 saturated carbocycles. The molecule has 10 heteroatoms. The van der Waals surface area contributed by atoms with Crippen LogP contribution in [0.1, 0.15) is 60.6 Å². The number of amides is 1. The molecule has 0 spiro atoms. The van der Waals surface area contributed by atoms with E-state index in [9.17, 15) is 33.4 Å². The fourth-order valence-corrected chi connectivity index (χ4v) is 4.53. The molecule has 1 aliphatic heterocycles. The fourth-order valence-electron chi connectivity index (χ4n) is 4.53. The van der Waals surface area contributed by atoms with Crippen LogP contribution in [0.3, 0.4) is 0 Å². The molecular formula is C29H28F2N2O6. The summed E-state index contributed by atoms with van der Waals surface area (Å²) in [4.78, 5) is 38.6. The van der Waals surface area contributed by atoms with Gasteiger partial charge in [-0.2, -0.15) is 0 Å². The summed E-state index contributed by atoms with van der Waals surface area (Å²) in [5, 5.41) is 26.0. The Bertz CT molecular complexity index is 1380. The number of phenolic OH excluding ortho intramolecular Hbond substituents is 2. The van der Waals surface area contributed by atoms with Crippen molar-refractivity contribution in [1.29, 1.82) is 0 Å². The number of phenols is 2. The quantitative estimate of drug-likeness (QED) is 0.277. The summed E-state index contributed by atoms with van der Waals surface area (Å²) in [6.07, 6.45) is 0.571. The Morgan fingerprint density at radius 2 is 1.59 bits per heavy atom. The maximum absolute atomic E-state index is 14.1. The van der Waals surface area contributed by atoms with Gasteiger partial charge >= 0.3 is 5.97 Å². The molecule has 8 nitrogen and oxygen atoms in total. The number of esters is 1. The number of hydrogen-bond acceptors (Lipinski definition) is 7. The summed E-state index contributed by atoms with van der Waals surface area (Å²) in [6, 6.07) is 9.02. The van der Waals surface area contributed by atoms with Gasteiger partial charge in [0.25, 0.3) is 5.91 Å². The van der Waals surface area contributed by atoms with Crippen molar-refractivity contribution in [3.63, 3.8) is 0 Å². The number of benzene rings is 3. The summed E-state index contributed by atoms with van der Waals surface area (Å²) in [5.74, 6) is -4.83. The van der Waals surface area contributed by atoms with Crippen molar-refractivity contribution in [3.8, 4) is 11.5 Å². The SMILES string of the molecule is Cc1cc(C(=O)N[C@@H]2CNCCC[C@H]2OC(=O)c2ccc(C(=O)c3c(O)cc(F)cc3F)cc2)cc(C)c1O. The van der Waals surface area contributed by atoms with Crippen LogP contribution in [-0.4, -0.2) is 53.1 Å². The molecule has 4 rings (SSSR count). The largest absolute Gasteiger partial charge is 0.507 e. The van der Waals surface area contributed by atoms with E-state index in [4.69, 9.17) is 4.74 Å². The number of rotatable bonds is 6. The van der Waals surface area contributed by atoms with Gasteiger partial charge in [-0.25, -0.2) is 13.6 Å². The molecule has 204 valence electrons. The van der Waals surface area contributed by atoms with E-state index < -0.39 is 46.8 Å². The summed E-state index contributed by atoms with van der Waals surface area (Å²) in [6.45, 7) is 4.46. The number of ketones is 1. The molecule has 0 aromatic heterocycles. The first-order valence-corrected chi connectivity index (χ1v) is 12.4. The fraction of sp³-hybridized carbons (Fsp3) is 0.276. The first kappa shape index (κ1) is 27.7. The van der Waals surface area contributed by atoms with Crippen LogP contribution in [0.25, 0.3) is 0 Å². The second-order valence-corrected chi connectivity index (χ2v) is 9.52. The number of hydrogen-bond donors (Lipinski definition) is 4. The van der Waals surface area contributed by atoms with E-state index in [1.165, 1.54) is 24.3 Å². The van der Waals surface area contributed by atoms with Crippen LogP contribution in [0.2, 0.25) is 0 Å². The molecule has 3 aromatic rings. The highest BCUT2D eigenvalue weighted by Crippen LogP contribution is 2.26. The number of aromatic hydroxyl groups is 2. The molecule has 1 heterocycles. The summed E-state index contributed by atoms with van der Waals surface area (Å²) < 4.78 is 33.1. The van der Waals surface area contributed by atoms with E-state index in [1.807, 2.05) is 0 Å². The predicted octanol–water partition coefficient (Wildman–Crippen LogP) is 3.93. The molecule has 1 aliphatic rings. The van der Waals surface area contributed by atoms with Crippen molar-refractivity contribution in [1.82, 2.24) is 10.6 Å². The van der Waals surface area contributed by atoms with Crippen molar-refractivity contribution in [3.05, 3.63) is 93.5 Å². The highest BCUT2D eigenvalue weighted by atomic mass is 19.1. The Hall–Kier alpha value is -4.31. The van der Waals surface area contributed by atoms with Gasteiger partial charge in [0.15, 0.2) is 5.78 Å². The maximum Gasteiger partial charge on any atom is 0.338 e. The molecule has 1 amide bonds. The smallest absolute Gasteiger partial charge is 0.338 e. The second-order valence-electron chi connectivity index (χ2n) is 9.52. The molecule has 0 radical (unpaired) electrons. The van der Waals surface area contributed by atoms with E-state index in [0.717, 1.165) is 0 Å². The zero-order valence-corrected chi connectivity index (χ0v) is 21.4. The summed E-state index contributed by atoms with van der Waals surface area (Å²) in [7, 11) is 0. The lowest BCUT2D eigenvalue weighted by Gasteiger charge is -2.26. The number of halogens is 2. The lowest BCUT2D eigenvalue weighted by molar-refractivity contribution is 0.0192. The molecule has 1 saturated heterocycles. The second kappa shape index (κ2) is 11.6. The third-order valence-corrected chi connectivity index (χ3v) is 6.63. The van der Waals surface area contributed by atoms with Crippen molar-refractivity contribution in [2.75, 3.05) is 13.1 Å². The standard InChI is InChI=1S/C29H28F2N2O6/c1-15-10-19(11-16(2)26(15)35)28(37)33-22-14-32-9-3-4-24(22)39-29(38)18-7-5-17(6-8-18)27(36)25-21(31)12-20(30)13-23(25)34/h5-8,10-13,22,24,32,34-35H,3-4,9,14H2,1-2H3,(H,33,37)/t22-,24-/m1/s1. The minimum absolute atomic E-state index is 0.0179. The van der Waals surface area contributed by atoms with E-state index in [0.29, 0.717) is 54.8 Å². The number of carbonyl (C=O) groups excluding carboxylic acids is 3. The summed E-state index contributed by atoms with van der Waals surface area (Å²) in [5.41, 5.74) is 0.956. The Morgan fingerprint density at radius 3 is 2.23 bits per heavy atom. The van der Waals surface area contributed by atoms with Gasteiger partial charge in [-0.3, -0.25) is 9.59 Å². The Kier molecular flexibility index (Phi) is 8.25. The lowest BCUT2D eigenvalue weighted by atomic mass is 10.0. The Labute approximate surface area is 223 Å². The number of ether oxygens (including phenoxy) is 1. The zero-order valence-electron chi connectivity index (χ0n) is 21.4. The minimum atomic E-state index is -1.20. The van der Waals surface area contributed by atoms with Crippen LogP contribution < -0.4 is 10.6 Å². The van der Waals surface area contributed by atoms with Gasteiger partial charge in [0.2, 0.25) is 0 Å². The average molecular weight is 539 g/mol. The molecule has 0 aliphatic carbocycles. The van der Waals surface area contributed by atoms with E-state index in [1.54, 1.807) is 26.0 Å². The van der Waals surface area contributed by atoms with Crippen LogP contribution in [-0.2, 0) is 4.74 Å². The topological polar surface area (TPSA) is 125 Å². The van der Waals surface area contributed by atoms with E-state index in [-0.39, 0.29) is 22.8 Å². The number of nitrogens with one attached hydrogen (secondary N) is 2. The predicted molar refractivity (Wildman–Crippen MR) is 138 cm³/mol. The Balaban J connectivity index is 1.47. The molecule has 0 unspecified atom stereocenters. The molecule has 39 heavy (non-hydrogen) atoms. The van der Waals surface area contributed by atoms with Crippen LogP contribution in [0.5, 0.6) is 11.5 Å². The van der Waals surface area contributed by atoms with Gasteiger partial charge in [-0.05, 0) is 68.6 Å². The minimum Gasteiger partial charge on any atom is -0.507 e. The van der Waals surface area contributed by atoms with Gasteiger partial charge in [0, 0.05) is 29.8 Å². The van der Waals surface area contributed by atoms with Gasteiger partial charge in [-0.1, -0.05) is 12.1 Å². The number of aryl methyl sites for hydroxylation is 2. The molecule has 4 N–H and O–H groups in total. The molecular weight excluding hydrogens is 510 g/mol. The van der Waals surface area contributed by atoms with Gasteiger partial charge in [0.1, 0.15) is 34.8 Å². The first-order chi connectivity index (χ1) is 18.5. The van der Waals surface area contributed by atoms with Gasteiger partial charge < -0.3 is 25.6 Å². The molecule has 3 aromatic carbocycles. The molecule has 2 atom stereocenters. The summed E-state index contributed by atoms with van der Waals surface area (Å²) >= 11 is 0. The Morgan fingerprint density at radius 1 is 0.949 bits per heavy atom. The monoisotopic (exact) mass is 538 g/mol. The highest BCUT2D eigenvalue weighted by Gasteiger charge is 2.29. The van der Waals surface area contributed by atoms with Crippen LogP contribution in [0, 0.1) is 25.5 Å².